The number of benzene rings is 1. The topological polar surface area (TPSA) is 50.8 Å². The van der Waals surface area contributed by atoms with E-state index in [9.17, 15) is 4.79 Å². The summed E-state index contributed by atoms with van der Waals surface area (Å²) in [7, 11) is 0. The van der Waals surface area contributed by atoms with Crippen LogP contribution in [0, 0.1) is 0 Å². The van der Waals surface area contributed by atoms with E-state index < -0.39 is 0 Å². The first-order valence-electron chi connectivity index (χ1n) is 9.60. The molecular formula is C20H30N2O3. The summed E-state index contributed by atoms with van der Waals surface area (Å²) in [6, 6.07) is 10.7. The van der Waals surface area contributed by atoms with Gasteiger partial charge in [-0.2, -0.15) is 0 Å². The second kappa shape index (κ2) is 9.78. The predicted molar refractivity (Wildman–Crippen MR) is 97.8 cm³/mol. The van der Waals surface area contributed by atoms with Gasteiger partial charge in [-0.15, -0.1) is 0 Å². The first-order chi connectivity index (χ1) is 12.3. The maximum Gasteiger partial charge on any atom is 0.317 e. The van der Waals surface area contributed by atoms with Crippen LogP contribution < -0.4 is 5.32 Å². The van der Waals surface area contributed by atoms with E-state index >= 15 is 0 Å². The van der Waals surface area contributed by atoms with Gasteiger partial charge in [0, 0.05) is 32.8 Å². The number of hydrogen-bond acceptors (Lipinski definition) is 3. The fourth-order valence-corrected chi connectivity index (χ4v) is 3.61. The van der Waals surface area contributed by atoms with Crippen LogP contribution in [-0.4, -0.2) is 56.5 Å². The van der Waals surface area contributed by atoms with Gasteiger partial charge in [0.25, 0.3) is 0 Å². The highest BCUT2D eigenvalue weighted by atomic mass is 16.5. The molecule has 2 aliphatic rings. The third-order valence-electron chi connectivity index (χ3n) is 5.12. The van der Waals surface area contributed by atoms with Crippen LogP contribution in [0.2, 0.25) is 0 Å². The number of ether oxygens (including phenoxy) is 2. The van der Waals surface area contributed by atoms with Gasteiger partial charge < -0.3 is 19.7 Å². The number of carbonyl (C=O) groups excluding carboxylic acids is 1. The average Bonchev–Trinajstić information content (AvgIpc) is 3.19. The van der Waals surface area contributed by atoms with Crippen molar-refractivity contribution in [3.05, 3.63) is 35.9 Å². The molecule has 1 atom stereocenters. The summed E-state index contributed by atoms with van der Waals surface area (Å²) in [5.41, 5.74) is 1.39. The Hall–Kier alpha value is -1.59. The Morgan fingerprint density at radius 1 is 1.20 bits per heavy atom. The van der Waals surface area contributed by atoms with Gasteiger partial charge in [-0.1, -0.05) is 30.3 Å². The van der Waals surface area contributed by atoms with Crippen molar-refractivity contribution < 1.29 is 14.3 Å². The molecule has 1 aromatic carbocycles. The lowest BCUT2D eigenvalue weighted by molar-refractivity contribution is 0.0167. The highest BCUT2D eigenvalue weighted by Crippen LogP contribution is 2.27. The normalized spacial score (nSPS) is 21.4. The van der Waals surface area contributed by atoms with Gasteiger partial charge in [0.05, 0.1) is 12.7 Å². The molecule has 1 unspecified atom stereocenters. The first-order valence-corrected chi connectivity index (χ1v) is 9.60. The highest BCUT2D eigenvalue weighted by molar-refractivity contribution is 5.74. The van der Waals surface area contributed by atoms with Crippen molar-refractivity contribution in [2.75, 3.05) is 39.5 Å². The van der Waals surface area contributed by atoms with E-state index in [2.05, 4.69) is 35.6 Å². The van der Waals surface area contributed by atoms with E-state index in [1.165, 1.54) is 5.56 Å². The summed E-state index contributed by atoms with van der Waals surface area (Å²) in [6.07, 6.45) is 5.46. The Labute approximate surface area is 150 Å². The lowest BCUT2D eigenvalue weighted by Crippen LogP contribution is -2.44. The molecular weight excluding hydrogens is 316 g/mol. The van der Waals surface area contributed by atoms with Crippen LogP contribution >= 0.6 is 0 Å². The van der Waals surface area contributed by atoms with E-state index in [1.807, 2.05) is 4.90 Å². The quantitative estimate of drug-likeness (QED) is 0.772. The molecule has 0 spiro atoms. The number of nitrogens with zero attached hydrogens (tertiary/aromatic N) is 1. The van der Waals surface area contributed by atoms with Gasteiger partial charge in [-0.05, 0) is 43.6 Å². The van der Waals surface area contributed by atoms with E-state index in [1.54, 1.807) is 0 Å². The van der Waals surface area contributed by atoms with Crippen LogP contribution in [0.5, 0.6) is 0 Å². The van der Waals surface area contributed by atoms with E-state index in [-0.39, 0.29) is 12.1 Å². The summed E-state index contributed by atoms with van der Waals surface area (Å²) in [5.74, 6) is 0.580. The number of carbonyl (C=O) groups is 1. The second-order valence-electron chi connectivity index (χ2n) is 6.97. The number of piperidine rings is 1. The van der Waals surface area contributed by atoms with Crippen LogP contribution in [0.25, 0.3) is 0 Å². The zero-order valence-electron chi connectivity index (χ0n) is 15.0. The molecule has 25 heavy (non-hydrogen) atoms. The summed E-state index contributed by atoms with van der Waals surface area (Å²) >= 11 is 0. The zero-order valence-corrected chi connectivity index (χ0v) is 15.0. The molecule has 0 aromatic heterocycles. The molecule has 0 bridgehead atoms. The third-order valence-corrected chi connectivity index (χ3v) is 5.12. The fourth-order valence-electron chi connectivity index (χ4n) is 3.61. The smallest absolute Gasteiger partial charge is 0.317 e. The standard InChI is InChI=1S/C20H30N2O3/c23-20(21-11-5-14-24-16-19-8-4-15-25-19)22-12-9-18(10-13-22)17-6-2-1-3-7-17/h1-3,6-7,18-19H,4-5,8-16H2,(H,21,23). The van der Waals surface area contributed by atoms with E-state index in [0.29, 0.717) is 25.7 Å². The lowest BCUT2D eigenvalue weighted by atomic mass is 9.90. The van der Waals surface area contributed by atoms with Gasteiger partial charge >= 0.3 is 6.03 Å². The minimum Gasteiger partial charge on any atom is -0.379 e. The Morgan fingerprint density at radius 3 is 2.72 bits per heavy atom. The number of urea groups is 1. The fraction of sp³-hybridized carbons (Fsp3) is 0.650. The Morgan fingerprint density at radius 2 is 2.00 bits per heavy atom. The van der Waals surface area contributed by atoms with Crippen LogP contribution in [0.15, 0.2) is 30.3 Å². The van der Waals surface area contributed by atoms with Crippen molar-refractivity contribution in [3.8, 4) is 0 Å². The van der Waals surface area contributed by atoms with Crippen molar-refractivity contribution in [3.63, 3.8) is 0 Å². The average molecular weight is 346 g/mol. The monoisotopic (exact) mass is 346 g/mol. The Kier molecular flexibility index (Phi) is 7.12. The Bertz CT molecular complexity index is 509. The SMILES string of the molecule is O=C(NCCCOCC1CCCO1)N1CCC(c2ccccc2)CC1. The molecule has 0 saturated carbocycles. The van der Waals surface area contributed by atoms with Gasteiger partial charge in [0.2, 0.25) is 0 Å². The van der Waals surface area contributed by atoms with Crippen molar-refractivity contribution in [2.45, 2.75) is 44.1 Å². The third kappa shape index (κ3) is 5.72. The van der Waals surface area contributed by atoms with Crippen molar-refractivity contribution >= 4 is 6.03 Å². The van der Waals surface area contributed by atoms with E-state index in [4.69, 9.17) is 9.47 Å². The molecule has 2 saturated heterocycles. The van der Waals surface area contributed by atoms with Gasteiger partial charge in [-0.3, -0.25) is 0 Å². The molecule has 3 rings (SSSR count). The van der Waals surface area contributed by atoms with Gasteiger partial charge in [-0.25, -0.2) is 4.79 Å². The van der Waals surface area contributed by atoms with Crippen molar-refractivity contribution in [1.29, 1.82) is 0 Å². The van der Waals surface area contributed by atoms with Crippen molar-refractivity contribution in [2.24, 2.45) is 0 Å². The molecule has 2 amide bonds. The van der Waals surface area contributed by atoms with Crippen LogP contribution in [0.4, 0.5) is 4.79 Å². The first kappa shape index (κ1) is 18.2. The molecule has 138 valence electrons. The molecule has 5 heteroatoms. The minimum atomic E-state index is 0.0608. The summed E-state index contributed by atoms with van der Waals surface area (Å²) < 4.78 is 11.1. The largest absolute Gasteiger partial charge is 0.379 e. The van der Waals surface area contributed by atoms with Gasteiger partial charge in [0.15, 0.2) is 0 Å². The molecule has 2 aliphatic heterocycles. The maximum atomic E-state index is 12.2. The van der Waals surface area contributed by atoms with Crippen LogP contribution in [-0.2, 0) is 9.47 Å². The molecule has 2 fully saturated rings. The van der Waals surface area contributed by atoms with Crippen molar-refractivity contribution in [1.82, 2.24) is 10.2 Å². The molecule has 1 aromatic rings. The lowest BCUT2D eigenvalue weighted by Gasteiger charge is -2.32. The molecule has 0 aliphatic carbocycles. The summed E-state index contributed by atoms with van der Waals surface area (Å²) in [4.78, 5) is 14.2. The molecule has 5 nitrogen and oxygen atoms in total. The molecule has 1 N–H and O–H groups in total. The number of likely N-dealkylation sites (tertiary alicyclic amines) is 1. The maximum absolute atomic E-state index is 12.2. The summed E-state index contributed by atoms with van der Waals surface area (Å²) in [5, 5.41) is 3.01. The number of nitrogens with one attached hydrogen (secondary N) is 1. The van der Waals surface area contributed by atoms with E-state index in [0.717, 1.165) is 51.8 Å². The summed E-state index contributed by atoms with van der Waals surface area (Å²) in [6.45, 7) is 4.56. The van der Waals surface area contributed by atoms with Crippen LogP contribution in [0.1, 0.15) is 43.6 Å². The van der Waals surface area contributed by atoms with Crippen LogP contribution in [0.3, 0.4) is 0 Å². The number of amides is 2. The Balaban J connectivity index is 1.25. The zero-order chi connectivity index (χ0) is 17.3. The number of rotatable bonds is 7. The van der Waals surface area contributed by atoms with Gasteiger partial charge in [0.1, 0.15) is 0 Å². The highest BCUT2D eigenvalue weighted by Gasteiger charge is 2.23. The molecule has 0 radical (unpaired) electrons. The number of hydrogen-bond donors (Lipinski definition) is 1. The molecule has 2 heterocycles. The predicted octanol–water partition coefficient (Wildman–Crippen LogP) is 3.16. The second-order valence-corrected chi connectivity index (χ2v) is 6.97. The minimum absolute atomic E-state index is 0.0608.